The molecule has 0 aliphatic carbocycles. The molecule has 1 heterocycles. The summed E-state index contributed by atoms with van der Waals surface area (Å²) in [5.74, 6) is 6.33. The van der Waals surface area contributed by atoms with Crippen molar-refractivity contribution in [2.24, 2.45) is 0 Å². The number of nitrogens with zero attached hydrogens (tertiary/aromatic N) is 1. The monoisotopic (exact) mass is 302 g/mol. The lowest BCUT2D eigenvalue weighted by molar-refractivity contribution is 0.426. The first-order chi connectivity index (χ1) is 11.2. The van der Waals surface area contributed by atoms with Crippen molar-refractivity contribution in [2.45, 2.75) is 0 Å². The fourth-order valence-corrected chi connectivity index (χ4v) is 3.14. The molecule has 4 aromatic rings. The zero-order valence-corrected chi connectivity index (χ0v) is 12.3. The first-order valence-electron chi connectivity index (χ1n) is 7.40. The molecule has 0 spiro atoms. The van der Waals surface area contributed by atoms with Gasteiger partial charge in [-0.05, 0) is 17.1 Å². The molecule has 0 saturated carbocycles. The maximum Gasteiger partial charge on any atom is 0.488 e. The van der Waals surface area contributed by atoms with Crippen LogP contribution < -0.4 is 11.3 Å². The third kappa shape index (κ3) is 2.10. The van der Waals surface area contributed by atoms with E-state index in [-0.39, 0.29) is 0 Å². The molecule has 0 radical (unpaired) electrons. The van der Waals surface area contributed by atoms with Gasteiger partial charge >= 0.3 is 7.12 Å². The van der Waals surface area contributed by atoms with Gasteiger partial charge in [-0.2, -0.15) is 0 Å². The number of nitrogens with two attached hydrogens (primary N) is 1. The largest absolute Gasteiger partial charge is 0.488 e. The molecule has 4 nitrogen and oxygen atoms in total. The Balaban J connectivity index is 2.20. The molecule has 112 valence electrons. The van der Waals surface area contributed by atoms with E-state index in [2.05, 4.69) is 0 Å². The molecule has 0 saturated heterocycles. The summed E-state index contributed by atoms with van der Waals surface area (Å²) in [5, 5.41) is 21.2. The Morgan fingerprint density at radius 1 is 0.826 bits per heavy atom. The highest BCUT2D eigenvalue weighted by atomic mass is 16.4. The summed E-state index contributed by atoms with van der Waals surface area (Å²) in [7, 11) is -1.53. The minimum Gasteiger partial charge on any atom is -0.423 e. The molecule has 0 bridgehead atoms. The van der Waals surface area contributed by atoms with Crippen LogP contribution in [0.25, 0.3) is 32.9 Å². The second kappa shape index (κ2) is 5.16. The molecule has 23 heavy (non-hydrogen) atoms. The highest BCUT2D eigenvalue weighted by Crippen LogP contribution is 2.33. The topological polar surface area (TPSA) is 71.4 Å². The molecule has 3 aromatic carbocycles. The Morgan fingerprint density at radius 3 is 2.26 bits per heavy atom. The van der Waals surface area contributed by atoms with Crippen LogP contribution in [0.4, 0.5) is 0 Å². The van der Waals surface area contributed by atoms with Gasteiger partial charge in [0.15, 0.2) is 0 Å². The predicted octanol–water partition coefficient (Wildman–Crippen LogP) is 1.86. The molecule has 0 amide bonds. The standard InChI is InChI=1S/C18H15BN2O2/c20-21-17-9-5-4-8-14(17)16-11-13(19(22)23)10-15(18(16)21)12-6-2-1-3-7-12/h1-11,22-23H,20H2. The van der Waals surface area contributed by atoms with Crippen LogP contribution in [0.5, 0.6) is 0 Å². The van der Waals surface area contributed by atoms with Gasteiger partial charge in [-0.3, -0.25) is 4.68 Å². The number of benzene rings is 3. The molecule has 0 fully saturated rings. The fraction of sp³-hybridized carbons (Fsp3) is 0. The normalized spacial score (nSPS) is 11.2. The van der Waals surface area contributed by atoms with Crippen molar-refractivity contribution in [3.63, 3.8) is 0 Å². The molecule has 0 aliphatic heterocycles. The van der Waals surface area contributed by atoms with E-state index < -0.39 is 7.12 Å². The van der Waals surface area contributed by atoms with E-state index in [1.165, 1.54) is 0 Å². The van der Waals surface area contributed by atoms with Crippen LogP contribution >= 0.6 is 0 Å². The van der Waals surface area contributed by atoms with E-state index in [0.717, 1.165) is 32.9 Å². The molecular formula is C18H15BN2O2. The van der Waals surface area contributed by atoms with Gasteiger partial charge in [0.25, 0.3) is 0 Å². The summed E-state index contributed by atoms with van der Waals surface area (Å²) in [6, 6.07) is 21.2. The lowest BCUT2D eigenvalue weighted by Crippen LogP contribution is -2.30. The zero-order valence-electron chi connectivity index (χ0n) is 12.3. The van der Waals surface area contributed by atoms with Crippen molar-refractivity contribution in [2.75, 3.05) is 5.84 Å². The summed E-state index contributed by atoms with van der Waals surface area (Å²) in [4.78, 5) is 0. The average molecular weight is 302 g/mol. The van der Waals surface area contributed by atoms with Crippen molar-refractivity contribution in [1.29, 1.82) is 0 Å². The van der Waals surface area contributed by atoms with Gasteiger partial charge < -0.3 is 15.9 Å². The van der Waals surface area contributed by atoms with Crippen LogP contribution in [0.15, 0.2) is 66.7 Å². The Bertz CT molecular complexity index is 1010. The van der Waals surface area contributed by atoms with Crippen molar-refractivity contribution >= 4 is 34.4 Å². The first kappa shape index (κ1) is 13.9. The summed E-state index contributed by atoms with van der Waals surface area (Å²) in [6.45, 7) is 0. The summed E-state index contributed by atoms with van der Waals surface area (Å²) in [5.41, 5.74) is 4.10. The molecular weight excluding hydrogens is 287 g/mol. The molecule has 5 heteroatoms. The minimum atomic E-state index is -1.53. The minimum absolute atomic E-state index is 0.452. The number of aromatic nitrogens is 1. The molecule has 1 aromatic heterocycles. The Hall–Kier alpha value is -2.76. The predicted molar refractivity (Wildman–Crippen MR) is 94.9 cm³/mol. The van der Waals surface area contributed by atoms with Crippen LogP contribution in [-0.4, -0.2) is 21.8 Å². The smallest absolute Gasteiger partial charge is 0.423 e. The number of para-hydroxylation sites is 1. The number of nitrogen functional groups attached to an aromatic ring is 1. The second-order valence-corrected chi connectivity index (χ2v) is 5.59. The van der Waals surface area contributed by atoms with Crippen LogP contribution in [-0.2, 0) is 0 Å². The first-order valence-corrected chi connectivity index (χ1v) is 7.40. The summed E-state index contributed by atoms with van der Waals surface area (Å²) >= 11 is 0. The van der Waals surface area contributed by atoms with Crippen LogP contribution in [0.2, 0.25) is 0 Å². The van der Waals surface area contributed by atoms with Gasteiger partial charge in [0.1, 0.15) is 0 Å². The summed E-state index contributed by atoms with van der Waals surface area (Å²) < 4.78 is 1.67. The van der Waals surface area contributed by atoms with Crippen molar-refractivity contribution < 1.29 is 10.0 Å². The molecule has 0 atom stereocenters. The summed E-state index contributed by atoms with van der Waals surface area (Å²) in [6.07, 6.45) is 0. The van der Waals surface area contributed by atoms with E-state index in [1.807, 2.05) is 54.6 Å². The van der Waals surface area contributed by atoms with Crippen LogP contribution in [0.1, 0.15) is 0 Å². The third-order valence-electron chi connectivity index (χ3n) is 4.21. The fourth-order valence-electron chi connectivity index (χ4n) is 3.14. The molecule has 4 N–H and O–H groups in total. The van der Waals surface area contributed by atoms with Crippen molar-refractivity contribution in [1.82, 2.24) is 4.68 Å². The molecule has 0 aliphatic rings. The lowest BCUT2D eigenvalue weighted by Gasteiger charge is -2.10. The Morgan fingerprint density at radius 2 is 1.52 bits per heavy atom. The molecule has 4 rings (SSSR count). The molecule has 0 unspecified atom stereocenters. The number of hydrogen-bond acceptors (Lipinski definition) is 3. The van der Waals surface area contributed by atoms with E-state index >= 15 is 0 Å². The third-order valence-corrected chi connectivity index (χ3v) is 4.21. The quantitative estimate of drug-likeness (QED) is 0.391. The van der Waals surface area contributed by atoms with Crippen molar-refractivity contribution in [3.8, 4) is 11.1 Å². The van der Waals surface area contributed by atoms with Crippen LogP contribution in [0.3, 0.4) is 0 Å². The number of hydrogen-bond donors (Lipinski definition) is 3. The van der Waals surface area contributed by atoms with Gasteiger partial charge in [-0.15, -0.1) is 0 Å². The highest BCUT2D eigenvalue weighted by molar-refractivity contribution is 6.59. The Labute approximate surface area is 133 Å². The van der Waals surface area contributed by atoms with Gasteiger partial charge in [-0.1, -0.05) is 60.7 Å². The second-order valence-electron chi connectivity index (χ2n) is 5.59. The zero-order chi connectivity index (χ0) is 16.0. The maximum atomic E-state index is 9.65. The van der Waals surface area contributed by atoms with Gasteiger partial charge in [0.2, 0.25) is 0 Å². The maximum absolute atomic E-state index is 9.65. The van der Waals surface area contributed by atoms with Crippen molar-refractivity contribution in [3.05, 3.63) is 66.7 Å². The Kier molecular flexibility index (Phi) is 3.11. The number of rotatable bonds is 2. The lowest BCUT2D eigenvalue weighted by atomic mass is 9.78. The average Bonchev–Trinajstić information content (AvgIpc) is 2.88. The van der Waals surface area contributed by atoms with Gasteiger partial charge in [0, 0.05) is 16.3 Å². The van der Waals surface area contributed by atoms with E-state index in [0.29, 0.717) is 5.46 Å². The van der Waals surface area contributed by atoms with E-state index in [4.69, 9.17) is 5.84 Å². The van der Waals surface area contributed by atoms with Gasteiger partial charge in [0.05, 0.1) is 11.0 Å². The van der Waals surface area contributed by atoms with Crippen LogP contribution in [0, 0.1) is 0 Å². The van der Waals surface area contributed by atoms with E-state index in [1.54, 1.807) is 16.8 Å². The van der Waals surface area contributed by atoms with Gasteiger partial charge in [-0.25, -0.2) is 0 Å². The highest BCUT2D eigenvalue weighted by Gasteiger charge is 2.19. The SMILES string of the molecule is Nn1c2ccccc2c2cc(B(O)O)cc(-c3ccccc3)c21. The van der Waals surface area contributed by atoms with E-state index in [9.17, 15) is 10.0 Å². The number of fused-ring (bicyclic) bond motifs is 3.